The largest absolute Gasteiger partial charge is 0.378 e. The molecular formula is C15H16ClN3O3. The highest BCUT2D eigenvalue weighted by atomic mass is 35.5. The normalized spacial score (nSPS) is 21.7. The Morgan fingerprint density at radius 2 is 2.23 bits per heavy atom. The first-order valence-corrected chi connectivity index (χ1v) is 7.55. The topological polar surface area (TPSA) is 77.3 Å². The summed E-state index contributed by atoms with van der Waals surface area (Å²) in [6.07, 6.45) is 1.73. The summed E-state index contributed by atoms with van der Waals surface area (Å²) in [6, 6.07) is 7.39. The third kappa shape index (κ3) is 2.84. The minimum Gasteiger partial charge on any atom is -0.378 e. The van der Waals surface area contributed by atoms with Crippen molar-refractivity contribution >= 4 is 33.9 Å². The molecule has 0 aliphatic carbocycles. The van der Waals surface area contributed by atoms with E-state index in [2.05, 4.69) is 10.3 Å². The summed E-state index contributed by atoms with van der Waals surface area (Å²) in [5, 5.41) is 15.3. The number of halogens is 1. The molecule has 116 valence electrons. The second kappa shape index (κ2) is 6.06. The highest BCUT2D eigenvalue weighted by Crippen LogP contribution is 2.38. The molecule has 0 radical (unpaired) electrons. The molecule has 1 saturated heterocycles. The molecule has 22 heavy (non-hydrogen) atoms. The Bertz CT molecular complexity index is 722. The Labute approximate surface area is 132 Å². The van der Waals surface area contributed by atoms with Crippen molar-refractivity contribution in [3.8, 4) is 0 Å². The predicted molar refractivity (Wildman–Crippen MR) is 85.5 cm³/mol. The van der Waals surface area contributed by atoms with Gasteiger partial charge < -0.3 is 10.1 Å². The third-order valence-electron chi connectivity index (χ3n) is 3.84. The lowest BCUT2D eigenvalue weighted by atomic mass is 10.0. The van der Waals surface area contributed by atoms with Crippen molar-refractivity contribution in [3.63, 3.8) is 0 Å². The summed E-state index contributed by atoms with van der Waals surface area (Å²) in [4.78, 5) is 15.1. The van der Waals surface area contributed by atoms with E-state index >= 15 is 0 Å². The number of pyridine rings is 1. The number of anilines is 1. The monoisotopic (exact) mass is 321 g/mol. The molecule has 0 unspecified atom stereocenters. The highest BCUT2D eigenvalue weighted by Gasteiger charge is 2.27. The van der Waals surface area contributed by atoms with Crippen LogP contribution in [0.2, 0.25) is 5.15 Å². The minimum atomic E-state index is -0.479. The SMILES string of the molecule is C[C@@H]1C[C@H](Nc2c([N+](=O)[O-])c(Cl)nc3ccccc23)CCO1. The number of fused-ring (bicyclic) bond motifs is 1. The zero-order valence-corrected chi connectivity index (χ0v) is 12.8. The molecule has 2 aromatic rings. The van der Waals surface area contributed by atoms with Gasteiger partial charge in [-0.1, -0.05) is 29.8 Å². The molecule has 2 atom stereocenters. The van der Waals surface area contributed by atoms with E-state index < -0.39 is 4.92 Å². The van der Waals surface area contributed by atoms with Crippen molar-refractivity contribution in [3.05, 3.63) is 39.5 Å². The molecule has 0 spiro atoms. The van der Waals surface area contributed by atoms with Gasteiger partial charge in [-0.25, -0.2) is 4.98 Å². The maximum atomic E-state index is 11.4. The summed E-state index contributed by atoms with van der Waals surface area (Å²) in [6.45, 7) is 2.64. The third-order valence-corrected chi connectivity index (χ3v) is 4.10. The summed E-state index contributed by atoms with van der Waals surface area (Å²) >= 11 is 6.03. The number of benzene rings is 1. The molecule has 1 aliphatic heterocycles. The molecule has 1 aromatic carbocycles. The second-order valence-corrected chi connectivity index (χ2v) is 5.81. The van der Waals surface area contributed by atoms with Crippen LogP contribution in [0, 0.1) is 10.1 Å². The minimum absolute atomic E-state index is 0.0914. The van der Waals surface area contributed by atoms with Crippen molar-refractivity contribution in [1.29, 1.82) is 0 Å². The maximum absolute atomic E-state index is 11.4. The van der Waals surface area contributed by atoms with Crippen LogP contribution < -0.4 is 5.32 Å². The van der Waals surface area contributed by atoms with Gasteiger partial charge >= 0.3 is 5.69 Å². The van der Waals surface area contributed by atoms with Crippen LogP contribution in [0.5, 0.6) is 0 Å². The lowest BCUT2D eigenvalue weighted by molar-refractivity contribution is -0.384. The van der Waals surface area contributed by atoms with Gasteiger partial charge in [0.2, 0.25) is 5.15 Å². The van der Waals surface area contributed by atoms with Gasteiger partial charge in [-0.2, -0.15) is 0 Å². The fourth-order valence-electron chi connectivity index (χ4n) is 2.82. The molecule has 1 aromatic heterocycles. The predicted octanol–water partition coefficient (Wildman–Crippen LogP) is 3.78. The number of rotatable bonds is 3. The molecule has 1 aliphatic rings. The molecule has 0 saturated carbocycles. The van der Waals surface area contributed by atoms with E-state index in [-0.39, 0.29) is 23.0 Å². The van der Waals surface area contributed by atoms with Gasteiger partial charge in [0.05, 0.1) is 16.5 Å². The van der Waals surface area contributed by atoms with Crippen LogP contribution >= 0.6 is 11.6 Å². The van der Waals surface area contributed by atoms with Crippen molar-refractivity contribution in [2.75, 3.05) is 11.9 Å². The first kappa shape index (κ1) is 15.0. The molecule has 7 heteroatoms. The van der Waals surface area contributed by atoms with Gasteiger partial charge in [0, 0.05) is 18.0 Å². The summed E-state index contributed by atoms with van der Waals surface area (Å²) in [5.41, 5.74) is 0.917. The van der Waals surface area contributed by atoms with Crippen molar-refractivity contribution in [2.24, 2.45) is 0 Å². The Hall–Kier alpha value is -1.92. The molecule has 0 amide bonds. The highest BCUT2D eigenvalue weighted by molar-refractivity contribution is 6.33. The van der Waals surface area contributed by atoms with Crippen LogP contribution in [0.1, 0.15) is 19.8 Å². The Morgan fingerprint density at radius 1 is 1.45 bits per heavy atom. The van der Waals surface area contributed by atoms with Crippen LogP contribution in [0.3, 0.4) is 0 Å². The lowest BCUT2D eigenvalue weighted by Gasteiger charge is -2.29. The number of para-hydroxylation sites is 1. The van der Waals surface area contributed by atoms with Gasteiger partial charge in [-0.15, -0.1) is 0 Å². The van der Waals surface area contributed by atoms with E-state index in [1.54, 1.807) is 6.07 Å². The molecular weight excluding hydrogens is 306 g/mol. The van der Waals surface area contributed by atoms with E-state index in [0.717, 1.165) is 12.8 Å². The molecule has 1 N–H and O–H groups in total. The van der Waals surface area contributed by atoms with Crippen molar-refractivity contribution in [2.45, 2.75) is 31.9 Å². The van der Waals surface area contributed by atoms with E-state index in [1.807, 2.05) is 25.1 Å². The fraction of sp³-hybridized carbons (Fsp3) is 0.400. The first-order valence-electron chi connectivity index (χ1n) is 7.17. The number of hydrogen-bond acceptors (Lipinski definition) is 5. The smallest absolute Gasteiger partial charge is 0.329 e. The van der Waals surface area contributed by atoms with E-state index in [1.165, 1.54) is 0 Å². The molecule has 3 rings (SSSR count). The molecule has 1 fully saturated rings. The van der Waals surface area contributed by atoms with Gasteiger partial charge in [-0.3, -0.25) is 10.1 Å². The Kier molecular flexibility index (Phi) is 4.13. The second-order valence-electron chi connectivity index (χ2n) is 5.45. The number of hydrogen-bond donors (Lipinski definition) is 1. The molecule has 6 nitrogen and oxygen atoms in total. The summed E-state index contributed by atoms with van der Waals surface area (Å²) in [7, 11) is 0. The van der Waals surface area contributed by atoms with Gasteiger partial charge in [0.1, 0.15) is 5.69 Å². The number of ether oxygens (including phenoxy) is 1. The quantitative estimate of drug-likeness (QED) is 0.529. The Balaban J connectivity index is 2.08. The maximum Gasteiger partial charge on any atom is 0.329 e. The number of nitro groups is 1. The number of aromatic nitrogens is 1. The van der Waals surface area contributed by atoms with E-state index in [4.69, 9.17) is 16.3 Å². The molecule has 0 bridgehead atoms. The Morgan fingerprint density at radius 3 is 2.95 bits per heavy atom. The zero-order valence-electron chi connectivity index (χ0n) is 12.1. The van der Waals surface area contributed by atoms with Crippen molar-refractivity contribution < 1.29 is 9.66 Å². The first-order chi connectivity index (χ1) is 10.6. The zero-order chi connectivity index (χ0) is 15.7. The number of nitrogens with one attached hydrogen (secondary N) is 1. The summed E-state index contributed by atoms with van der Waals surface area (Å²) < 4.78 is 5.52. The fourth-order valence-corrected chi connectivity index (χ4v) is 3.07. The van der Waals surface area contributed by atoms with Crippen LogP contribution in [-0.2, 0) is 4.74 Å². The average molecular weight is 322 g/mol. The molecule has 2 heterocycles. The number of nitrogens with zero attached hydrogens (tertiary/aromatic N) is 2. The van der Waals surface area contributed by atoms with Crippen molar-refractivity contribution in [1.82, 2.24) is 4.98 Å². The standard InChI is InChI=1S/C15H16ClN3O3/c1-9-8-10(6-7-22-9)17-13-11-4-2-3-5-12(11)18-15(16)14(13)19(20)21/h2-5,9-10H,6-8H2,1H3,(H,17,18)/t9-,10-/m1/s1. The van der Waals surface area contributed by atoms with Crippen LogP contribution in [0.4, 0.5) is 11.4 Å². The van der Waals surface area contributed by atoms with E-state index in [0.29, 0.717) is 23.2 Å². The van der Waals surface area contributed by atoms with Crippen LogP contribution in [0.15, 0.2) is 24.3 Å². The van der Waals surface area contributed by atoms with Crippen LogP contribution in [-0.4, -0.2) is 28.7 Å². The van der Waals surface area contributed by atoms with Crippen LogP contribution in [0.25, 0.3) is 10.9 Å². The van der Waals surface area contributed by atoms with Gasteiger partial charge in [0.25, 0.3) is 0 Å². The summed E-state index contributed by atoms with van der Waals surface area (Å²) in [5.74, 6) is 0. The van der Waals surface area contributed by atoms with E-state index in [9.17, 15) is 10.1 Å². The van der Waals surface area contributed by atoms with Gasteiger partial charge in [-0.05, 0) is 25.8 Å². The van der Waals surface area contributed by atoms with Gasteiger partial charge in [0.15, 0.2) is 0 Å². The average Bonchev–Trinajstić information content (AvgIpc) is 2.46. The lowest BCUT2D eigenvalue weighted by Crippen LogP contribution is -2.32.